The average molecular weight is 587 g/mol. The summed E-state index contributed by atoms with van der Waals surface area (Å²) < 4.78 is 0. The summed E-state index contributed by atoms with van der Waals surface area (Å²) in [6.07, 6.45) is 41.8. The minimum absolute atomic E-state index is 0. The van der Waals surface area contributed by atoms with E-state index in [4.69, 9.17) is 0 Å². The van der Waals surface area contributed by atoms with Crippen LogP contribution in [0.1, 0.15) is 194 Å². The van der Waals surface area contributed by atoms with Crippen LogP contribution in [0.5, 0.6) is 0 Å². The molecule has 0 fully saturated rings. The number of hydrogen-bond acceptors (Lipinski definition) is 4. The molecule has 0 aliphatic carbocycles. The van der Waals surface area contributed by atoms with Gasteiger partial charge in [-0.15, -0.1) is 0 Å². The smallest absolute Gasteiger partial charge is 0.550 e. The molecular weight excluding hydrogens is 521 g/mol. The van der Waals surface area contributed by atoms with Crippen molar-refractivity contribution in [2.75, 3.05) is 0 Å². The van der Waals surface area contributed by atoms with Crippen LogP contribution in [-0.2, 0) is 9.59 Å². The molecule has 0 aromatic rings. The maximum absolute atomic E-state index is 10.2. The number of unbranched alkanes of at least 4 members (excludes halogenated alkanes) is 22. The van der Waals surface area contributed by atoms with Crippen molar-refractivity contribution in [3.8, 4) is 0 Å². The normalized spacial score (nSPS) is 11.0. The van der Waals surface area contributed by atoms with E-state index in [2.05, 4.69) is 38.2 Å². The van der Waals surface area contributed by atoms with E-state index >= 15 is 0 Å². The fourth-order valence-electron chi connectivity index (χ4n) is 4.68. The zero-order chi connectivity index (χ0) is 29.8. The van der Waals surface area contributed by atoms with Gasteiger partial charge in [-0.05, 0) is 77.0 Å². The van der Waals surface area contributed by atoms with Gasteiger partial charge in [0.1, 0.15) is 0 Å². The summed E-state index contributed by atoms with van der Waals surface area (Å²) in [6, 6.07) is 0. The number of rotatable bonds is 30. The molecule has 0 heterocycles. The van der Waals surface area contributed by atoms with Crippen LogP contribution in [0.15, 0.2) is 24.3 Å². The van der Waals surface area contributed by atoms with Gasteiger partial charge in [0.05, 0.1) is 0 Å². The fourth-order valence-corrected chi connectivity index (χ4v) is 4.68. The topological polar surface area (TPSA) is 80.3 Å². The summed E-state index contributed by atoms with van der Waals surface area (Å²) in [6.45, 7) is 4.50. The molecule has 0 unspecified atom stereocenters. The van der Waals surface area contributed by atoms with Crippen molar-refractivity contribution < 1.29 is 19.8 Å². The molecule has 0 saturated carbocycles. The number of carboxylic acids is 2. The van der Waals surface area contributed by atoms with Crippen molar-refractivity contribution in [2.24, 2.45) is 0 Å². The Hall–Kier alpha value is -0.814. The molecule has 0 aliphatic heterocycles. The second-order valence-corrected chi connectivity index (χ2v) is 11.4. The van der Waals surface area contributed by atoms with Gasteiger partial charge in [-0.1, -0.05) is 141 Å². The zero-order valence-electron chi connectivity index (χ0n) is 27.4. The van der Waals surface area contributed by atoms with Crippen LogP contribution in [0.4, 0.5) is 0 Å². The summed E-state index contributed by atoms with van der Waals surface area (Å²) in [4.78, 5) is 20.4. The fraction of sp³-hybridized carbons (Fsp3) is 0.833. The number of carbonyl (C=O) groups excluding carboxylic acids is 2. The van der Waals surface area contributed by atoms with Crippen molar-refractivity contribution in [2.45, 2.75) is 194 Å². The number of hydrogen-bond donors (Lipinski definition) is 0. The Bertz CT molecular complexity index is 524. The number of aliphatic carboxylic acids is 2. The van der Waals surface area contributed by atoms with Crippen molar-refractivity contribution in [1.82, 2.24) is 0 Å². The SMILES string of the molecule is CCCCCC/C=C/CCCCCCCCCC(=O)[O-].CCCCCC/C=C/CCCCCCCCCC(=O)[O-].[Mg+2]. The van der Waals surface area contributed by atoms with Crippen LogP contribution < -0.4 is 10.2 Å². The van der Waals surface area contributed by atoms with Crippen LogP contribution >= 0.6 is 0 Å². The summed E-state index contributed by atoms with van der Waals surface area (Å²) in [5.74, 6) is -1.82. The molecule has 0 aromatic carbocycles. The quantitative estimate of drug-likeness (QED) is 0.0477. The molecule has 0 atom stereocenters. The maximum Gasteiger partial charge on any atom is 2.00 e. The molecule has 0 amide bonds. The summed E-state index contributed by atoms with van der Waals surface area (Å²) in [5, 5.41) is 20.4. The molecule has 0 radical (unpaired) electrons. The van der Waals surface area contributed by atoms with E-state index in [1.54, 1.807) is 0 Å². The van der Waals surface area contributed by atoms with E-state index in [1.165, 1.54) is 141 Å². The van der Waals surface area contributed by atoms with Gasteiger partial charge in [-0.25, -0.2) is 0 Å². The second-order valence-electron chi connectivity index (χ2n) is 11.4. The molecule has 0 aliphatic rings. The van der Waals surface area contributed by atoms with Crippen molar-refractivity contribution in [1.29, 1.82) is 0 Å². The maximum atomic E-state index is 10.2. The van der Waals surface area contributed by atoms with Gasteiger partial charge in [-0.2, -0.15) is 0 Å². The van der Waals surface area contributed by atoms with Gasteiger partial charge in [0.2, 0.25) is 0 Å². The largest absolute Gasteiger partial charge is 2.00 e. The number of allylic oxidation sites excluding steroid dienone is 4. The number of carboxylic acid groups (broad SMARTS) is 2. The molecule has 5 heteroatoms. The summed E-state index contributed by atoms with van der Waals surface area (Å²) in [5.41, 5.74) is 0. The zero-order valence-corrected chi connectivity index (χ0v) is 28.9. The Morgan fingerprint density at radius 2 is 0.610 bits per heavy atom. The molecule has 0 aromatic heterocycles. The molecular formula is C36H66MgO4. The van der Waals surface area contributed by atoms with Gasteiger partial charge in [0.25, 0.3) is 0 Å². The van der Waals surface area contributed by atoms with E-state index in [9.17, 15) is 19.8 Å². The molecule has 0 spiro atoms. The standard InChI is InChI=1S/2C18H34O2.Mg/c2*1-2-3-4-5-6-7-8-9-10-11-12-13-14-15-16-17-18(19)20;/h2*7-8H,2-6,9-17H2,1H3,(H,19,20);/q;;+2/p-2/b2*8-7+;. The molecule has 4 nitrogen and oxygen atoms in total. The Balaban J connectivity index is -0.000000688. The van der Waals surface area contributed by atoms with Crippen LogP contribution in [0, 0.1) is 0 Å². The van der Waals surface area contributed by atoms with Crippen LogP contribution in [-0.4, -0.2) is 35.0 Å². The third-order valence-electron chi connectivity index (χ3n) is 7.29. The predicted molar refractivity (Wildman–Crippen MR) is 175 cm³/mol. The molecule has 0 N–H and O–H groups in total. The van der Waals surface area contributed by atoms with E-state index < -0.39 is 11.9 Å². The molecule has 0 rings (SSSR count). The van der Waals surface area contributed by atoms with Crippen molar-refractivity contribution in [3.05, 3.63) is 24.3 Å². The molecule has 41 heavy (non-hydrogen) atoms. The Morgan fingerprint density at radius 3 is 0.854 bits per heavy atom. The van der Waals surface area contributed by atoms with Crippen LogP contribution in [0.3, 0.4) is 0 Å². The van der Waals surface area contributed by atoms with Crippen molar-refractivity contribution in [3.63, 3.8) is 0 Å². The van der Waals surface area contributed by atoms with Crippen LogP contribution in [0.2, 0.25) is 0 Å². The van der Waals surface area contributed by atoms with Gasteiger partial charge < -0.3 is 19.8 Å². The summed E-state index contributed by atoms with van der Waals surface area (Å²) in [7, 11) is 0. The Morgan fingerprint density at radius 1 is 0.390 bits per heavy atom. The van der Waals surface area contributed by atoms with E-state index in [-0.39, 0.29) is 35.9 Å². The van der Waals surface area contributed by atoms with Gasteiger partial charge in [0, 0.05) is 11.9 Å². The first-order chi connectivity index (χ1) is 19.5. The van der Waals surface area contributed by atoms with Crippen molar-refractivity contribution >= 4 is 35.0 Å². The molecule has 0 bridgehead atoms. The van der Waals surface area contributed by atoms with E-state index in [1.807, 2.05) is 0 Å². The van der Waals surface area contributed by atoms with Crippen LogP contribution in [0.25, 0.3) is 0 Å². The predicted octanol–water partition coefficient (Wildman–Crippen LogP) is 9.17. The third-order valence-corrected chi connectivity index (χ3v) is 7.29. The first kappa shape index (κ1) is 44.6. The van der Waals surface area contributed by atoms with E-state index in [0.29, 0.717) is 0 Å². The van der Waals surface area contributed by atoms with Gasteiger partial charge in [0.15, 0.2) is 0 Å². The molecule has 0 saturated heterocycles. The number of carbonyl (C=O) groups is 2. The Kier molecular flexibility index (Phi) is 45.0. The molecule has 236 valence electrons. The Labute approximate surface area is 271 Å². The first-order valence-electron chi connectivity index (χ1n) is 17.2. The van der Waals surface area contributed by atoms with Gasteiger partial charge in [-0.3, -0.25) is 0 Å². The monoisotopic (exact) mass is 586 g/mol. The minimum Gasteiger partial charge on any atom is -0.550 e. The summed E-state index contributed by atoms with van der Waals surface area (Å²) >= 11 is 0. The second kappa shape index (κ2) is 41.3. The van der Waals surface area contributed by atoms with E-state index in [0.717, 1.165) is 25.7 Å². The third kappa shape index (κ3) is 49.2. The minimum atomic E-state index is -0.911. The average Bonchev–Trinajstić information content (AvgIpc) is 2.93. The first-order valence-corrected chi connectivity index (χ1v) is 17.2. The van der Waals surface area contributed by atoms with Gasteiger partial charge >= 0.3 is 23.1 Å².